The standard InChI is InChI=1S/C47H30N3P/c1-2-11-30(12-3-1)31-21-24-42-37(27-31)38-28-32(33-23-26-45-39(29-33)36-15-6-9-18-44(36)51-45)22-25-43(38)50(42)47-20-10-19-46(48-47)49-40-16-7-4-13-34(40)35-14-5-8-17-41(35)49/h1-29,51H. The normalized spacial score (nSPS) is 12.1. The lowest BCUT2D eigenvalue weighted by molar-refractivity contribution is 1.01. The van der Waals surface area contributed by atoms with E-state index < -0.39 is 0 Å². The second kappa shape index (κ2) is 11.1. The molecule has 51 heavy (non-hydrogen) atoms. The van der Waals surface area contributed by atoms with Crippen molar-refractivity contribution in [2.24, 2.45) is 0 Å². The zero-order valence-electron chi connectivity index (χ0n) is 27.6. The van der Waals surface area contributed by atoms with Gasteiger partial charge in [0.05, 0.1) is 22.1 Å². The number of aromatic nitrogens is 3. The van der Waals surface area contributed by atoms with Gasteiger partial charge in [-0.15, -0.1) is 8.19 Å². The number of rotatable bonds is 4. The van der Waals surface area contributed by atoms with Crippen molar-refractivity contribution in [1.29, 1.82) is 0 Å². The summed E-state index contributed by atoms with van der Waals surface area (Å²) in [7, 11) is 0.715. The van der Waals surface area contributed by atoms with Crippen LogP contribution in [0.15, 0.2) is 176 Å². The average Bonchev–Trinajstić information content (AvgIpc) is 3.85. The SMILES string of the molecule is c1ccc(-c2ccc3c(c2)c2cc(-c4ccc5[pH]c6ccccc6c5c4)ccc2n3-c2cccc(-n3c4ccccc4c4ccccc43)n2)cc1. The van der Waals surface area contributed by atoms with Crippen LogP contribution in [0.25, 0.3) is 98.5 Å². The molecular weight excluding hydrogens is 638 g/mol. The highest BCUT2D eigenvalue weighted by Gasteiger charge is 2.18. The first-order chi connectivity index (χ1) is 25.3. The quantitative estimate of drug-likeness (QED) is 0.183. The Balaban J connectivity index is 1.14. The van der Waals surface area contributed by atoms with Gasteiger partial charge in [-0.1, -0.05) is 115 Å². The number of nitrogens with zero attached hydrogens (tertiary/aromatic N) is 3. The molecule has 0 bridgehead atoms. The molecule has 1 unspecified atom stereocenters. The van der Waals surface area contributed by atoms with Crippen LogP contribution in [0.1, 0.15) is 0 Å². The lowest BCUT2D eigenvalue weighted by Crippen LogP contribution is -2.03. The number of para-hydroxylation sites is 2. The van der Waals surface area contributed by atoms with Gasteiger partial charge in [-0.05, 0) is 104 Å². The molecule has 0 aliphatic heterocycles. The maximum atomic E-state index is 5.41. The minimum absolute atomic E-state index is 0.715. The molecule has 0 amide bonds. The Kier molecular flexibility index (Phi) is 6.16. The summed E-state index contributed by atoms with van der Waals surface area (Å²) in [6.45, 7) is 0. The molecule has 0 saturated heterocycles. The highest BCUT2D eigenvalue weighted by atomic mass is 31.0. The van der Waals surface area contributed by atoms with Gasteiger partial charge in [0, 0.05) is 21.5 Å². The van der Waals surface area contributed by atoms with Crippen LogP contribution >= 0.6 is 8.19 Å². The number of fused-ring (bicyclic) bond motifs is 9. The summed E-state index contributed by atoms with van der Waals surface area (Å²) in [5.41, 5.74) is 9.45. The van der Waals surface area contributed by atoms with Crippen LogP contribution in [0.2, 0.25) is 0 Å². The van der Waals surface area contributed by atoms with E-state index in [4.69, 9.17) is 4.98 Å². The van der Waals surface area contributed by atoms with Crippen molar-refractivity contribution in [3.05, 3.63) is 176 Å². The Labute approximate surface area is 295 Å². The summed E-state index contributed by atoms with van der Waals surface area (Å²) in [5.74, 6) is 1.79. The highest BCUT2D eigenvalue weighted by Crippen LogP contribution is 2.41. The van der Waals surface area contributed by atoms with Crippen LogP contribution < -0.4 is 0 Å². The van der Waals surface area contributed by atoms with E-state index in [1.807, 2.05) is 0 Å². The smallest absolute Gasteiger partial charge is 0.140 e. The van der Waals surface area contributed by atoms with Crippen molar-refractivity contribution in [3.63, 3.8) is 0 Å². The van der Waals surface area contributed by atoms with Crippen molar-refractivity contribution in [3.8, 4) is 33.9 Å². The number of hydrogen-bond donors (Lipinski definition) is 0. The van der Waals surface area contributed by atoms with E-state index in [1.54, 1.807) is 0 Å². The van der Waals surface area contributed by atoms with Crippen LogP contribution in [0, 0.1) is 0 Å². The van der Waals surface area contributed by atoms with Crippen LogP contribution in [0.4, 0.5) is 0 Å². The summed E-state index contributed by atoms with van der Waals surface area (Å²) in [6, 6.07) is 63.9. The van der Waals surface area contributed by atoms with Gasteiger partial charge >= 0.3 is 0 Å². The second-order valence-electron chi connectivity index (χ2n) is 13.3. The average molecular weight is 668 g/mol. The fourth-order valence-corrected chi connectivity index (χ4v) is 9.45. The highest BCUT2D eigenvalue weighted by molar-refractivity contribution is 7.43. The third-order valence-corrected chi connectivity index (χ3v) is 11.9. The molecule has 0 fully saturated rings. The number of hydrogen-bond acceptors (Lipinski definition) is 1. The molecular formula is C47H30N3P. The topological polar surface area (TPSA) is 22.8 Å². The summed E-state index contributed by atoms with van der Waals surface area (Å²) in [6.07, 6.45) is 0. The molecule has 7 aromatic carbocycles. The lowest BCUT2D eigenvalue weighted by atomic mass is 9.99. The molecule has 0 radical (unpaired) electrons. The van der Waals surface area contributed by atoms with Gasteiger partial charge in [0.2, 0.25) is 0 Å². The van der Waals surface area contributed by atoms with Gasteiger partial charge in [0.1, 0.15) is 11.6 Å². The van der Waals surface area contributed by atoms with Crippen LogP contribution in [-0.2, 0) is 0 Å². The molecule has 0 aliphatic carbocycles. The molecule has 4 heterocycles. The Hall–Kier alpha value is -6.41. The minimum atomic E-state index is 0.715. The molecule has 0 aliphatic rings. The number of benzene rings is 7. The summed E-state index contributed by atoms with van der Waals surface area (Å²) in [4.78, 5) is 5.41. The molecule has 1 atom stereocenters. The summed E-state index contributed by atoms with van der Waals surface area (Å²) in [5, 5.41) is 10.5. The molecule has 11 rings (SSSR count). The van der Waals surface area contributed by atoms with Crippen LogP contribution in [0.5, 0.6) is 0 Å². The van der Waals surface area contributed by atoms with Gasteiger partial charge in [-0.3, -0.25) is 9.13 Å². The largest absolute Gasteiger partial charge is 0.294 e. The molecule has 0 spiro atoms. The molecule has 4 aromatic heterocycles. The maximum Gasteiger partial charge on any atom is 0.140 e. The molecule has 4 heteroatoms. The van der Waals surface area contributed by atoms with E-state index in [1.165, 1.54) is 64.8 Å². The van der Waals surface area contributed by atoms with Gasteiger partial charge in [0.25, 0.3) is 0 Å². The lowest BCUT2D eigenvalue weighted by Gasteiger charge is -2.12. The Morgan fingerprint density at radius 2 is 0.784 bits per heavy atom. The summed E-state index contributed by atoms with van der Waals surface area (Å²) >= 11 is 0. The molecule has 0 saturated carbocycles. The zero-order valence-corrected chi connectivity index (χ0v) is 28.6. The van der Waals surface area contributed by atoms with Crippen molar-refractivity contribution < 1.29 is 0 Å². The molecule has 238 valence electrons. The van der Waals surface area contributed by atoms with E-state index in [0.717, 1.165) is 33.7 Å². The maximum absolute atomic E-state index is 5.41. The molecule has 3 nitrogen and oxygen atoms in total. The third-order valence-electron chi connectivity index (χ3n) is 10.5. The van der Waals surface area contributed by atoms with Crippen LogP contribution in [0.3, 0.4) is 0 Å². The number of pyridine rings is 1. The first kappa shape index (κ1) is 28.4. The molecule has 11 aromatic rings. The van der Waals surface area contributed by atoms with Gasteiger partial charge < -0.3 is 0 Å². The zero-order chi connectivity index (χ0) is 33.5. The monoisotopic (exact) mass is 667 g/mol. The van der Waals surface area contributed by atoms with Crippen molar-refractivity contribution >= 4 is 72.8 Å². The second-order valence-corrected chi connectivity index (χ2v) is 14.6. The van der Waals surface area contributed by atoms with E-state index >= 15 is 0 Å². The predicted molar refractivity (Wildman–Crippen MR) is 218 cm³/mol. The van der Waals surface area contributed by atoms with Crippen molar-refractivity contribution in [1.82, 2.24) is 14.1 Å². The van der Waals surface area contributed by atoms with Gasteiger partial charge in [-0.25, -0.2) is 4.98 Å². The van der Waals surface area contributed by atoms with E-state index in [2.05, 4.69) is 185 Å². The Morgan fingerprint density at radius 3 is 1.43 bits per heavy atom. The van der Waals surface area contributed by atoms with Gasteiger partial charge in [-0.2, -0.15) is 0 Å². The van der Waals surface area contributed by atoms with E-state index in [9.17, 15) is 0 Å². The van der Waals surface area contributed by atoms with Crippen molar-refractivity contribution in [2.45, 2.75) is 0 Å². The van der Waals surface area contributed by atoms with E-state index in [0.29, 0.717) is 8.19 Å². The fourth-order valence-electron chi connectivity index (χ4n) is 8.12. The summed E-state index contributed by atoms with van der Waals surface area (Å²) < 4.78 is 4.63. The van der Waals surface area contributed by atoms with Gasteiger partial charge in [0.15, 0.2) is 0 Å². The minimum Gasteiger partial charge on any atom is -0.294 e. The third kappa shape index (κ3) is 4.35. The Bertz CT molecular complexity index is 3090. The van der Waals surface area contributed by atoms with Crippen molar-refractivity contribution in [2.75, 3.05) is 0 Å². The molecule has 0 N–H and O–H groups in total. The first-order valence-corrected chi connectivity index (χ1v) is 18.4. The Morgan fingerprint density at radius 1 is 0.314 bits per heavy atom. The predicted octanol–water partition coefficient (Wildman–Crippen LogP) is 12.9. The van der Waals surface area contributed by atoms with E-state index in [-0.39, 0.29) is 0 Å². The fraction of sp³-hybridized carbons (Fsp3) is 0. The first-order valence-electron chi connectivity index (χ1n) is 17.4. The van der Waals surface area contributed by atoms with Crippen LogP contribution in [-0.4, -0.2) is 14.1 Å².